The Balaban J connectivity index is 1.52. The molecule has 1 unspecified atom stereocenters. The number of aliphatic hydroxyl groups excluding tert-OH is 1. The molecule has 25 heavy (non-hydrogen) atoms. The van der Waals surface area contributed by atoms with Crippen LogP contribution in [-0.4, -0.2) is 26.4 Å². The van der Waals surface area contributed by atoms with Crippen LogP contribution in [0.2, 0.25) is 5.02 Å². The van der Waals surface area contributed by atoms with Crippen LogP contribution in [0.15, 0.2) is 54.7 Å². The molecule has 4 rings (SSSR count). The van der Waals surface area contributed by atoms with E-state index >= 15 is 0 Å². The Morgan fingerprint density at radius 2 is 1.96 bits per heavy atom. The van der Waals surface area contributed by atoms with Gasteiger partial charge in [0.05, 0.1) is 29.5 Å². The maximum atomic E-state index is 10.5. The number of aromatic nitrogens is 3. The summed E-state index contributed by atoms with van der Waals surface area (Å²) in [6.07, 6.45) is 1.71. The lowest BCUT2D eigenvalue weighted by molar-refractivity contribution is 0.172. The highest BCUT2D eigenvalue weighted by Crippen LogP contribution is 2.27. The Kier molecular flexibility index (Phi) is 4.42. The lowest BCUT2D eigenvalue weighted by atomic mass is 10.1. The van der Waals surface area contributed by atoms with Gasteiger partial charge < -0.3 is 10.0 Å². The van der Waals surface area contributed by atoms with Crippen molar-refractivity contribution in [1.82, 2.24) is 14.8 Å². The van der Waals surface area contributed by atoms with Crippen molar-refractivity contribution < 1.29 is 5.11 Å². The highest BCUT2D eigenvalue weighted by Gasteiger charge is 2.23. The molecule has 0 saturated carbocycles. The van der Waals surface area contributed by atoms with E-state index in [1.807, 2.05) is 53.2 Å². The van der Waals surface area contributed by atoms with Crippen molar-refractivity contribution in [3.05, 3.63) is 76.7 Å². The Hall–Kier alpha value is -2.37. The Morgan fingerprint density at radius 1 is 1.12 bits per heavy atom. The summed E-state index contributed by atoms with van der Waals surface area (Å²) in [5.41, 5.74) is 2.88. The van der Waals surface area contributed by atoms with Crippen LogP contribution in [0.5, 0.6) is 0 Å². The normalized spacial score (nSPS) is 15.0. The minimum absolute atomic E-state index is 0.563. The minimum atomic E-state index is -0.604. The molecular weight excluding hydrogens is 336 g/mol. The summed E-state index contributed by atoms with van der Waals surface area (Å²) >= 11 is 6.26. The van der Waals surface area contributed by atoms with Gasteiger partial charge in [-0.1, -0.05) is 41.9 Å². The lowest BCUT2D eigenvalue weighted by Gasteiger charge is -2.29. The fourth-order valence-corrected chi connectivity index (χ4v) is 3.43. The van der Waals surface area contributed by atoms with E-state index in [9.17, 15) is 5.11 Å². The number of nitrogens with zero attached hydrogens (tertiary/aromatic N) is 4. The van der Waals surface area contributed by atoms with Crippen molar-refractivity contribution in [1.29, 1.82) is 0 Å². The van der Waals surface area contributed by atoms with Crippen molar-refractivity contribution in [2.45, 2.75) is 25.6 Å². The van der Waals surface area contributed by atoms with Gasteiger partial charge in [-0.2, -0.15) is 5.10 Å². The maximum Gasteiger partial charge on any atom is 0.147 e. The van der Waals surface area contributed by atoms with E-state index in [-0.39, 0.29) is 0 Å². The Morgan fingerprint density at radius 3 is 2.76 bits per heavy atom. The molecule has 0 aliphatic carbocycles. The summed E-state index contributed by atoms with van der Waals surface area (Å²) in [7, 11) is 0. The number of aliphatic hydroxyl groups is 1. The third kappa shape index (κ3) is 3.38. The van der Waals surface area contributed by atoms with Gasteiger partial charge in [-0.25, -0.2) is 4.98 Å². The zero-order valence-corrected chi connectivity index (χ0v) is 14.5. The van der Waals surface area contributed by atoms with E-state index in [0.717, 1.165) is 30.2 Å². The minimum Gasteiger partial charge on any atom is -0.386 e. The lowest BCUT2D eigenvalue weighted by Crippen LogP contribution is -2.34. The zero-order chi connectivity index (χ0) is 17.2. The smallest absolute Gasteiger partial charge is 0.147 e. The summed E-state index contributed by atoms with van der Waals surface area (Å²) in [6.45, 7) is 2.22. The molecule has 3 heterocycles. The Bertz CT molecular complexity index is 865. The number of pyridine rings is 1. The Labute approximate surface area is 151 Å². The fourth-order valence-electron chi connectivity index (χ4n) is 3.18. The first-order valence-electron chi connectivity index (χ1n) is 8.35. The molecule has 1 N–H and O–H groups in total. The fraction of sp³-hybridized carbons (Fsp3) is 0.263. The summed E-state index contributed by atoms with van der Waals surface area (Å²) in [5, 5.41) is 15.8. The number of rotatable bonds is 4. The summed E-state index contributed by atoms with van der Waals surface area (Å²) in [6, 6.07) is 15.6. The van der Waals surface area contributed by atoms with Crippen LogP contribution in [0.1, 0.15) is 23.1 Å². The van der Waals surface area contributed by atoms with Gasteiger partial charge >= 0.3 is 0 Å². The van der Waals surface area contributed by atoms with Crippen LogP contribution in [0.3, 0.4) is 0 Å². The molecule has 0 radical (unpaired) electrons. The van der Waals surface area contributed by atoms with E-state index in [0.29, 0.717) is 23.7 Å². The standard InChI is InChI=1S/C19H19ClN4O/c20-16-7-4-8-21-19(16)23-9-10-24-15(13-23)12-17(22-24)18(25)11-14-5-2-1-3-6-14/h1-8,12,18,25H,9-11,13H2. The van der Waals surface area contributed by atoms with Crippen LogP contribution in [0.25, 0.3) is 0 Å². The van der Waals surface area contributed by atoms with Gasteiger partial charge in [-0.05, 0) is 23.8 Å². The summed E-state index contributed by atoms with van der Waals surface area (Å²) < 4.78 is 1.97. The summed E-state index contributed by atoms with van der Waals surface area (Å²) in [4.78, 5) is 6.53. The molecule has 0 spiro atoms. The topological polar surface area (TPSA) is 54.2 Å². The van der Waals surface area contributed by atoms with Crippen LogP contribution < -0.4 is 4.90 Å². The molecule has 0 fully saturated rings. The van der Waals surface area contributed by atoms with Gasteiger partial charge in [-0.3, -0.25) is 4.68 Å². The van der Waals surface area contributed by atoms with Gasteiger partial charge in [0.15, 0.2) is 0 Å². The van der Waals surface area contributed by atoms with Crippen molar-refractivity contribution >= 4 is 17.4 Å². The average Bonchev–Trinajstić information content (AvgIpc) is 3.06. The van der Waals surface area contributed by atoms with Crippen molar-refractivity contribution in [3.8, 4) is 0 Å². The molecule has 0 saturated heterocycles. The van der Waals surface area contributed by atoms with E-state index in [1.165, 1.54) is 0 Å². The van der Waals surface area contributed by atoms with Gasteiger partial charge in [0, 0.05) is 19.2 Å². The second-order valence-electron chi connectivity index (χ2n) is 6.22. The summed E-state index contributed by atoms with van der Waals surface area (Å²) in [5.74, 6) is 0.794. The first-order chi connectivity index (χ1) is 12.2. The van der Waals surface area contributed by atoms with E-state index in [1.54, 1.807) is 6.20 Å². The zero-order valence-electron chi connectivity index (χ0n) is 13.7. The highest BCUT2D eigenvalue weighted by atomic mass is 35.5. The number of benzene rings is 1. The maximum absolute atomic E-state index is 10.5. The molecule has 3 aromatic rings. The van der Waals surface area contributed by atoms with E-state index in [4.69, 9.17) is 11.6 Å². The monoisotopic (exact) mass is 354 g/mol. The third-order valence-electron chi connectivity index (χ3n) is 4.47. The highest BCUT2D eigenvalue weighted by molar-refractivity contribution is 6.32. The first-order valence-corrected chi connectivity index (χ1v) is 8.72. The molecule has 1 aliphatic heterocycles. The second kappa shape index (κ2) is 6.86. The second-order valence-corrected chi connectivity index (χ2v) is 6.63. The molecule has 2 aromatic heterocycles. The molecule has 1 atom stereocenters. The van der Waals surface area contributed by atoms with Crippen LogP contribution in [-0.2, 0) is 19.5 Å². The number of halogens is 1. The third-order valence-corrected chi connectivity index (χ3v) is 4.76. The van der Waals surface area contributed by atoms with Crippen LogP contribution >= 0.6 is 11.6 Å². The number of hydrogen-bond donors (Lipinski definition) is 1. The van der Waals surface area contributed by atoms with Gasteiger partial charge in [0.2, 0.25) is 0 Å². The number of fused-ring (bicyclic) bond motifs is 1. The van der Waals surface area contributed by atoms with E-state index in [2.05, 4.69) is 15.0 Å². The largest absolute Gasteiger partial charge is 0.386 e. The first kappa shape index (κ1) is 16.1. The SMILES string of the molecule is OC(Cc1ccccc1)c1cc2n(n1)CCN(c1ncccc1Cl)C2. The molecule has 1 aromatic carbocycles. The predicted octanol–water partition coefficient (Wildman–Crippen LogP) is 3.23. The average molecular weight is 355 g/mol. The number of hydrogen-bond acceptors (Lipinski definition) is 4. The van der Waals surface area contributed by atoms with Gasteiger partial charge in [0.25, 0.3) is 0 Å². The van der Waals surface area contributed by atoms with Crippen molar-refractivity contribution in [2.75, 3.05) is 11.4 Å². The predicted molar refractivity (Wildman–Crippen MR) is 97.6 cm³/mol. The van der Waals surface area contributed by atoms with Crippen LogP contribution in [0.4, 0.5) is 5.82 Å². The van der Waals surface area contributed by atoms with Crippen molar-refractivity contribution in [2.24, 2.45) is 0 Å². The molecule has 128 valence electrons. The number of anilines is 1. The van der Waals surface area contributed by atoms with Crippen LogP contribution in [0, 0.1) is 0 Å². The molecule has 0 bridgehead atoms. The van der Waals surface area contributed by atoms with Gasteiger partial charge in [0.1, 0.15) is 11.9 Å². The molecule has 0 amide bonds. The van der Waals surface area contributed by atoms with E-state index < -0.39 is 6.10 Å². The molecule has 6 heteroatoms. The molecular formula is C19H19ClN4O. The van der Waals surface area contributed by atoms with Gasteiger partial charge in [-0.15, -0.1) is 0 Å². The molecule has 5 nitrogen and oxygen atoms in total. The molecule has 1 aliphatic rings. The van der Waals surface area contributed by atoms with Crippen molar-refractivity contribution in [3.63, 3.8) is 0 Å². The quantitative estimate of drug-likeness (QED) is 0.781.